The van der Waals surface area contributed by atoms with Crippen LogP contribution in [0.15, 0.2) is 69.4 Å². The zero-order valence-electron chi connectivity index (χ0n) is 64.4. The number of nitrogens with zero attached hydrogens (tertiary/aromatic N) is 15. The maximum absolute atomic E-state index is 15.8. The van der Waals surface area contributed by atoms with Gasteiger partial charge in [0.25, 0.3) is 0 Å². The maximum atomic E-state index is 15.8. The minimum absolute atomic E-state index is 0.0420. The molecule has 0 spiro atoms. The van der Waals surface area contributed by atoms with Crippen LogP contribution in [0.1, 0.15) is 151 Å². The topological polar surface area (TPSA) is 270 Å². The van der Waals surface area contributed by atoms with Gasteiger partial charge >= 0.3 is 17.1 Å². The van der Waals surface area contributed by atoms with E-state index in [0.29, 0.717) is 95.9 Å². The lowest BCUT2D eigenvalue weighted by Gasteiger charge is -2.29. The van der Waals surface area contributed by atoms with Crippen molar-refractivity contribution in [1.82, 2.24) is 58.6 Å². The van der Waals surface area contributed by atoms with Gasteiger partial charge in [-0.1, -0.05) is 87.9 Å². The van der Waals surface area contributed by atoms with E-state index in [0.717, 1.165) is 76.0 Å². The van der Waals surface area contributed by atoms with Crippen molar-refractivity contribution in [1.29, 1.82) is 0 Å². The van der Waals surface area contributed by atoms with E-state index in [-0.39, 0.29) is 62.5 Å². The molecule has 6 N–H and O–H groups in total. The first kappa shape index (κ1) is 84.1. The number of rotatable bonds is 12. The molecule has 0 bridgehead atoms. The summed E-state index contributed by atoms with van der Waals surface area (Å²) in [5.74, 6) is -15.8. The van der Waals surface area contributed by atoms with Crippen molar-refractivity contribution in [2.75, 3.05) is 71.2 Å². The Bertz CT molecular complexity index is 5560. The Kier molecular flexibility index (Phi) is 24.2. The van der Waals surface area contributed by atoms with Gasteiger partial charge in [-0.3, -0.25) is 15.0 Å². The molecule has 21 nitrogen and oxygen atoms in total. The van der Waals surface area contributed by atoms with Crippen LogP contribution in [-0.4, -0.2) is 97.8 Å². The Hall–Kier alpha value is -10.8. The average molecular weight is 1700 g/mol. The molecule has 12 heterocycles. The van der Waals surface area contributed by atoms with Crippen molar-refractivity contribution in [2.45, 2.75) is 138 Å². The number of halogens is 15. The van der Waals surface area contributed by atoms with E-state index in [1.807, 2.05) is 63.2 Å². The quantitative estimate of drug-likeness (QED) is 0.0444. The number of pyridine rings is 6. The van der Waals surface area contributed by atoms with E-state index in [9.17, 15) is 40.7 Å². The van der Waals surface area contributed by atoms with Gasteiger partial charge in [0.05, 0.1) is 87.9 Å². The molecule has 0 amide bonds. The van der Waals surface area contributed by atoms with E-state index in [4.69, 9.17) is 63.6 Å². The molecule has 3 aliphatic heterocycles. The minimum Gasteiger partial charge on any atom is -0.397 e. The number of hydrogen-bond donors (Lipinski definition) is 3. The minimum atomic E-state index is -1.92. The van der Waals surface area contributed by atoms with Gasteiger partial charge in [0, 0.05) is 63.4 Å². The number of aryl methyl sites for hydroxylation is 3. The molecule has 612 valence electrons. The third-order valence-corrected chi connectivity index (χ3v) is 22.2. The maximum Gasteiger partial charge on any atom is 0.355 e. The number of hydrogen-bond acceptors (Lipinski definition) is 18. The molecule has 15 rings (SSSR count). The highest BCUT2D eigenvalue weighted by atomic mass is 35.5. The number of fused-ring (bicyclic) bond motifs is 3. The molecule has 0 unspecified atom stereocenters. The molecule has 3 saturated heterocycles. The molecular formula is C81H75Cl4F11N18O3. The summed E-state index contributed by atoms with van der Waals surface area (Å²) in [4.78, 5) is 86.3. The van der Waals surface area contributed by atoms with Crippen LogP contribution >= 0.6 is 46.4 Å². The highest BCUT2D eigenvalue weighted by Crippen LogP contribution is 2.46. The van der Waals surface area contributed by atoms with Crippen molar-refractivity contribution in [2.24, 2.45) is 0 Å². The highest BCUT2D eigenvalue weighted by Gasteiger charge is 2.35. The second-order valence-corrected chi connectivity index (χ2v) is 31.1. The molecule has 0 atom stereocenters. The van der Waals surface area contributed by atoms with Gasteiger partial charge in [0.15, 0.2) is 75.1 Å². The number of anilines is 6. The molecule has 0 saturated carbocycles. The number of aromatic nitrogens is 12. The molecule has 3 aromatic carbocycles. The van der Waals surface area contributed by atoms with Crippen LogP contribution in [0, 0.1) is 84.8 Å². The van der Waals surface area contributed by atoms with E-state index in [1.165, 1.54) is 13.7 Å². The number of nitrogens with two attached hydrogens (primary N) is 3. The summed E-state index contributed by atoms with van der Waals surface area (Å²) in [6.45, 7) is 20.4. The molecule has 117 heavy (non-hydrogen) atoms. The lowest BCUT2D eigenvalue weighted by Crippen LogP contribution is -2.34. The summed E-state index contributed by atoms with van der Waals surface area (Å²) in [6.07, 6.45) is 13.1. The number of benzene rings is 3. The SMILES string of the molecule is Cc1ccnc(C(C)C)c1-n1c(=O)nc(N2CCCCC2)c2cc(F)c(-c3c(Cl)c(N)c(F)c(F)c3Cl)nc21.Cc1ccnc(C(C)C)c1-n1c(=O)nc(N2CCCCC2)c2cc(F)c(-c3c(F)c(N)c(F)c(F)c3Cl)nc21.Cc1ccnc(C(C)C)c1-n1c(=O)nc(N2CCCCC2)c2cc(F)c(-c3c(N)c(Cl)c(F)c(F)c3F)nc21. The van der Waals surface area contributed by atoms with Gasteiger partial charge < -0.3 is 31.9 Å². The average Bonchev–Trinajstić information content (AvgIpc) is 0.739. The van der Waals surface area contributed by atoms with Gasteiger partial charge in [-0.25, -0.2) is 91.3 Å². The smallest absolute Gasteiger partial charge is 0.355 e. The highest BCUT2D eigenvalue weighted by molar-refractivity contribution is 6.41. The van der Waals surface area contributed by atoms with Crippen molar-refractivity contribution in [3.05, 3.63) is 204 Å². The van der Waals surface area contributed by atoms with E-state index in [2.05, 4.69) is 44.9 Å². The second kappa shape index (κ2) is 33.6. The Balaban J connectivity index is 0.000000152. The monoisotopic (exact) mass is 1700 g/mol. The Morgan fingerprint density at radius 1 is 0.342 bits per heavy atom. The van der Waals surface area contributed by atoms with E-state index < -0.39 is 152 Å². The van der Waals surface area contributed by atoms with Crippen LogP contribution in [-0.2, 0) is 0 Å². The van der Waals surface area contributed by atoms with Crippen LogP contribution in [0.5, 0.6) is 0 Å². The van der Waals surface area contributed by atoms with Crippen molar-refractivity contribution in [3.63, 3.8) is 0 Å². The third-order valence-electron chi connectivity index (χ3n) is 20.8. The largest absolute Gasteiger partial charge is 0.397 e. The van der Waals surface area contributed by atoms with Crippen LogP contribution in [0.3, 0.4) is 0 Å². The molecule has 0 aliphatic carbocycles. The summed E-state index contributed by atoms with van der Waals surface area (Å²) >= 11 is 24.1. The summed E-state index contributed by atoms with van der Waals surface area (Å²) in [6, 6.07) is 8.42. The van der Waals surface area contributed by atoms with Crippen molar-refractivity contribution >= 4 is 114 Å². The summed E-state index contributed by atoms with van der Waals surface area (Å²) in [5.41, 5.74) is 13.1. The summed E-state index contributed by atoms with van der Waals surface area (Å²) in [7, 11) is 0. The molecule has 3 fully saturated rings. The van der Waals surface area contributed by atoms with Crippen molar-refractivity contribution < 1.29 is 48.3 Å². The fourth-order valence-electron chi connectivity index (χ4n) is 14.9. The molecule has 0 radical (unpaired) electrons. The Morgan fingerprint density at radius 3 is 0.974 bits per heavy atom. The van der Waals surface area contributed by atoms with Gasteiger partial charge in [-0.15, -0.1) is 0 Å². The lowest BCUT2D eigenvalue weighted by molar-refractivity contribution is 0.449. The molecular weight excluding hydrogens is 1620 g/mol. The fourth-order valence-corrected chi connectivity index (χ4v) is 16.0. The zero-order valence-corrected chi connectivity index (χ0v) is 67.4. The molecule has 12 aromatic rings. The lowest BCUT2D eigenvalue weighted by atomic mass is 10.0. The van der Waals surface area contributed by atoms with Gasteiger partial charge in [0.1, 0.15) is 51.1 Å². The first-order chi connectivity index (χ1) is 55.6. The van der Waals surface area contributed by atoms with E-state index >= 15 is 22.0 Å². The second-order valence-electron chi connectivity index (χ2n) is 29.6. The summed E-state index contributed by atoms with van der Waals surface area (Å²) in [5, 5.41) is -2.58. The standard InChI is InChI=1S/C27H25Cl2F3N6O.2C27H25ClF4N6O/c1-12(2)22-24(13(3)7-8-34-22)38-26-14(25(36-27(38)39)37-9-5-4-6-10-37)11-15(30)23(35-26)16-17(28)19(31)20(32)21(33)18(16)29;1-12(2)22-24(13(3)7-8-34-22)38-26-14(25(36-27(38)39)37-9-5-4-6-10-37)11-15(29)23(35-26)16-18(30)20(32)19(31)17(28)21(16)33;1-12(2)22-24(13(3)7-8-34-22)38-26-14(25(36-27(38)39)37-9-5-4-6-10-37)11-15(29)23(35-26)16-17(28)19(31)20(32)21(33)18(16)30/h3*7-8,11-12H,4-6,9-10,33H2,1-3H3. The first-order valence-electron chi connectivity index (χ1n) is 37.5. The summed E-state index contributed by atoms with van der Waals surface area (Å²) < 4.78 is 167. The molecule has 36 heteroatoms. The Morgan fingerprint density at radius 2 is 0.641 bits per heavy atom. The van der Waals surface area contributed by atoms with E-state index in [1.54, 1.807) is 50.6 Å². The number of nitrogen functional groups attached to an aromatic ring is 3. The van der Waals surface area contributed by atoms with Crippen LogP contribution in [0.4, 0.5) is 82.8 Å². The molecule has 9 aromatic heterocycles. The van der Waals surface area contributed by atoms with Gasteiger partial charge in [-0.2, -0.15) is 15.0 Å². The van der Waals surface area contributed by atoms with Crippen LogP contribution < -0.4 is 49.0 Å². The molecule has 3 aliphatic rings. The van der Waals surface area contributed by atoms with Crippen LogP contribution in [0.25, 0.3) is 83.9 Å². The normalized spacial score (nSPS) is 14.0. The fraction of sp³-hybridized carbons (Fsp3) is 0.333. The predicted octanol–water partition coefficient (Wildman–Crippen LogP) is 18.7. The van der Waals surface area contributed by atoms with Gasteiger partial charge in [-0.05, 0) is 149 Å². The number of piperidine rings is 3. The zero-order chi connectivity index (χ0) is 84.5. The predicted molar refractivity (Wildman–Crippen MR) is 433 cm³/mol. The van der Waals surface area contributed by atoms with Crippen molar-refractivity contribution in [3.8, 4) is 50.8 Å². The third kappa shape index (κ3) is 15.2. The Labute approximate surface area is 681 Å². The van der Waals surface area contributed by atoms with Crippen LogP contribution in [0.2, 0.25) is 20.1 Å². The van der Waals surface area contributed by atoms with Gasteiger partial charge in [0.2, 0.25) is 0 Å². The first-order valence-corrected chi connectivity index (χ1v) is 39.0.